The molecule has 0 radical (unpaired) electrons. The quantitative estimate of drug-likeness (QED) is 0.457. The van der Waals surface area contributed by atoms with Gasteiger partial charge in [-0.25, -0.2) is 4.39 Å². The highest BCUT2D eigenvalue weighted by molar-refractivity contribution is 9.10. The average Bonchev–Trinajstić information content (AvgIpc) is 2.18. The van der Waals surface area contributed by atoms with Crippen LogP contribution in [0.5, 0.6) is 0 Å². The van der Waals surface area contributed by atoms with Crippen molar-refractivity contribution in [3.63, 3.8) is 0 Å². The van der Waals surface area contributed by atoms with Crippen LogP contribution in [-0.4, -0.2) is 11.7 Å². The molecule has 0 N–H and O–H groups in total. The van der Waals surface area contributed by atoms with E-state index in [1.807, 2.05) is 0 Å². The lowest BCUT2D eigenvalue weighted by Gasteiger charge is -2.13. The maximum absolute atomic E-state index is 13.3. The Balaban J connectivity index is 3.52. The molecule has 0 aromatic heterocycles. The third-order valence-corrected chi connectivity index (χ3v) is 2.66. The van der Waals surface area contributed by atoms with Crippen LogP contribution in [0.25, 0.3) is 0 Å². The van der Waals surface area contributed by atoms with Crippen molar-refractivity contribution in [2.75, 3.05) is 5.88 Å². The normalized spacial score (nSPS) is 11.6. The smallest absolute Gasteiger partial charge is 0.293 e. The molecule has 0 saturated carbocycles. The fourth-order valence-corrected chi connectivity index (χ4v) is 1.61. The summed E-state index contributed by atoms with van der Waals surface area (Å²) in [6.45, 7) is 0. The number of Topliss-reactive ketones (excluding diaryl/α,β-unsaturated/α-hetero) is 1. The van der Waals surface area contributed by atoms with Crippen LogP contribution in [0.3, 0.4) is 0 Å². The van der Waals surface area contributed by atoms with Gasteiger partial charge in [-0.2, -0.15) is 13.2 Å². The van der Waals surface area contributed by atoms with Crippen LogP contribution in [0.2, 0.25) is 0 Å². The number of ketones is 1. The minimum Gasteiger partial charge on any atom is -0.293 e. The molecule has 0 heterocycles. The minimum absolute atomic E-state index is 0.356. The van der Waals surface area contributed by atoms with E-state index in [1.165, 1.54) is 0 Å². The van der Waals surface area contributed by atoms with Crippen molar-refractivity contribution in [1.82, 2.24) is 0 Å². The first kappa shape index (κ1) is 13.4. The van der Waals surface area contributed by atoms with Gasteiger partial charge in [-0.1, -0.05) is 0 Å². The van der Waals surface area contributed by atoms with Crippen molar-refractivity contribution in [2.45, 2.75) is 6.18 Å². The standard InChI is InChI=1S/C9H4BrClF4O/c10-5-2-1-4(6(16)3-11)7(8(5)12)9(13,14)15/h1-2H,3H2. The van der Waals surface area contributed by atoms with Gasteiger partial charge in [-0.15, -0.1) is 11.6 Å². The lowest BCUT2D eigenvalue weighted by atomic mass is 10.0. The zero-order chi connectivity index (χ0) is 12.5. The van der Waals surface area contributed by atoms with Crippen LogP contribution < -0.4 is 0 Å². The van der Waals surface area contributed by atoms with Gasteiger partial charge in [0.25, 0.3) is 0 Å². The second-order valence-corrected chi connectivity index (χ2v) is 3.96. The Morgan fingerprint density at radius 2 is 1.94 bits per heavy atom. The number of hydrogen-bond acceptors (Lipinski definition) is 1. The summed E-state index contributed by atoms with van der Waals surface area (Å²) >= 11 is 7.77. The lowest BCUT2D eigenvalue weighted by molar-refractivity contribution is -0.140. The highest BCUT2D eigenvalue weighted by Gasteiger charge is 2.39. The Bertz CT molecular complexity index is 430. The van der Waals surface area contributed by atoms with E-state index in [-0.39, 0.29) is 4.47 Å². The summed E-state index contributed by atoms with van der Waals surface area (Å²) in [4.78, 5) is 11.1. The summed E-state index contributed by atoms with van der Waals surface area (Å²) < 4.78 is 50.5. The van der Waals surface area contributed by atoms with Crippen LogP contribution in [0.15, 0.2) is 16.6 Å². The van der Waals surface area contributed by atoms with Crippen LogP contribution in [0.4, 0.5) is 17.6 Å². The summed E-state index contributed by atoms with van der Waals surface area (Å²) in [6, 6.07) is 1.92. The van der Waals surface area contributed by atoms with E-state index in [2.05, 4.69) is 15.9 Å². The summed E-state index contributed by atoms with van der Waals surface area (Å²) in [5.74, 6) is -3.12. The van der Waals surface area contributed by atoms with Gasteiger partial charge in [0.15, 0.2) is 5.78 Å². The Hall–Kier alpha value is -0.620. The largest absolute Gasteiger partial charge is 0.419 e. The highest BCUT2D eigenvalue weighted by Crippen LogP contribution is 2.37. The van der Waals surface area contributed by atoms with Gasteiger partial charge in [-0.3, -0.25) is 4.79 Å². The number of hydrogen-bond donors (Lipinski definition) is 0. The zero-order valence-corrected chi connectivity index (χ0v) is 9.88. The van der Waals surface area contributed by atoms with Gasteiger partial charge >= 0.3 is 6.18 Å². The summed E-state index contributed by atoms with van der Waals surface area (Å²) in [5.41, 5.74) is -2.35. The molecule has 0 saturated heterocycles. The average molecular weight is 319 g/mol. The monoisotopic (exact) mass is 318 g/mol. The van der Waals surface area contributed by atoms with E-state index in [9.17, 15) is 22.4 Å². The van der Waals surface area contributed by atoms with Crippen molar-refractivity contribution < 1.29 is 22.4 Å². The fraction of sp³-hybridized carbons (Fsp3) is 0.222. The molecule has 0 fully saturated rings. The molecule has 0 atom stereocenters. The van der Waals surface area contributed by atoms with E-state index in [0.29, 0.717) is 0 Å². The van der Waals surface area contributed by atoms with Crippen LogP contribution in [0, 0.1) is 5.82 Å². The van der Waals surface area contributed by atoms with Crippen molar-refractivity contribution >= 4 is 33.3 Å². The first-order valence-corrected chi connectivity index (χ1v) is 5.26. The second-order valence-electron chi connectivity index (χ2n) is 2.84. The van der Waals surface area contributed by atoms with E-state index in [1.54, 1.807) is 0 Å². The van der Waals surface area contributed by atoms with Gasteiger partial charge in [-0.05, 0) is 28.1 Å². The van der Waals surface area contributed by atoms with Gasteiger partial charge in [0.1, 0.15) is 11.4 Å². The number of halogens is 6. The minimum atomic E-state index is -4.94. The van der Waals surface area contributed by atoms with Gasteiger partial charge in [0, 0.05) is 5.56 Å². The predicted octanol–water partition coefficient (Wildman–Crippen LogP) is 4.03. The Morgan fingerprint density at radius 1 is 1.38 bits per heavy atom. The maximum Gasteiger partial charge on any atom is 0.419 e. The lowest BCUT2D eigenvalue weighted by Crippen LogP contribution is -2.16. The Kier molecular flexibility index (Phi) is 3.96. The van der Waals surface area contributed by atoms with Crippen LogP contribution in [0.1, 0.15) is 15.9 Å². The number of rotatable bonds is 2. The third-order valence-electron chi connectivity index (χ3n) is 1.80. The molecule has 88 valence electrons. The van der Waals surface area contributed by atoms with E-state index >= 15 is 0 Å². The molecule has 0 spiro atoms. The SMILES string of the molecule is O=C(CCl)c1ccc(Br)c(F)c1C(F)(F)F. The molecule has 7 heteroatoms. The van der Waals surface area contributed by atoms with Gasteiger partial charge in [0.05, 0.1) is 10.4 Å². The third kappa shape index (κ3) is 2.55. The van der Waals surface area contributed by atoms with E-state index < -0.39 is 34.8 Å². The molecule has 1 aromatic rings. The highest BCUT2D eigenvalue weighted by atomic mass is 79.9. The molecule has 16 heavy (non-hydrogen) atoms. The Labute approximate surface area is 102 Å². The van der Waals surface area contributed by atoms with Gasteiger partial charge < -0.3 is 0 Å². The van der Waals surface area contributed by atoms with Crippen molar-refractivity contribution in [1.29, 1.82) is 0 Å². The van der Waals surface area contributed by atoms with Crippen molar-refractivity contribution in [3.8, 4) is 0 Å². The topological polar surface area (TPSA) is 17.1 Å². The van der Waals surface area contributed by atoms with Crippen molar-refractivity contribution in [3.05, 3.63) is 33.5 Å². The molecule has 0 bridgehead atoms. The second kappa shape index (κ2) is 4.71. The number of alkyl halides is 4. The molecule has 0 aliphatic rings. The molecule has 1 aromatic carbocycles. The molecule has 0 amide bonds. The van der Waals surface area contributed by atoms with E-state index in [4.69, 9.17) is 11.6 Å². The first-order valence-electron chi connectivity index (χ1n) is 3.93. The summed E-state index contributed by atoms with van der Waals surface area (Å²) in [6.07, 6.45) is -4.94. The van der Waals surface area contributed by atoms with E-state index in [0.717, 1.165) is 12.1 Å². The predicted molar refractivity (Wildman–Crippen MR) is 54.2 cm³/mol. The van der Waals surface area contributed by atoms with Crippen LogP contribution in [-0.2, 0) is 6.18 Å². The molecular weight excluding hydrogens is 315 g/mol. The molecule has 1 rings (SSSR count). The maximum atomic E-state index is 13.3. The van der Waals surface area contributed by atoms with Gasteiger partial charge in [0.2, 0.25) is 0 Å². The molecule has 1 nitrogen and oxygen atoms in total. The fourth-order valence-electron chi connectivity index (χ4n) is 1.13. The van der Waals surface area contributed by atoms with Crippen LogP contribution >= 0.6 is 27.5 Å². The summed E-state index contributed by atoms with van der Waals surface area (Å²) in [5, 5.41) is 0. The zero-order valence-electron chi connectivity index (χ0n) is 7.54. The van der Waals surface area contributed by atoms with Crippen molar-refractivity contribution in [2.24, 2.45) is 0 Å². The molecule has 0 aliphatic carbocycles. The Morgan fingerprint density at radius 3 is 2.38 bits per heavy atom. The first-order chi connectivity index (χ1) is 7.29. The number of carbonyl (C=O) groups is 1. The molecule has 0 aliphatic heterocycles. The number of carbonyl (C=O) groups excluding carboxylic acids is 1. The molecule has 0 unspecified atom stereocenters. The summed E-state index contributed by atoms with van der Waals surface area (Å²) in [7, 11) is 0. The number of benzene rings is 1. The molecular formula is C9H4BrClF4O.